The van der Waals surface area contributed by atoms with E-state index in [9.17, 15) is 14.0 Å². The highest BCUT2D eigenvalue weighted by Crippen LogP contribution is 2.32. The minimum atomic E-state index is -0.523. The lowest BCUT2D eigenvalue weighted by molar-refractivity contribution is -0.122. The second-order valence-corrected chi connectivity index (χ2v) is 8.68. The van der Waals surface area contributed by atoms with Crippen molar-refractivity contribution in [3.63, 3.8) is 0 Å². The van der Waals surface area contributed by atoms with E-state index >= 15 is 0 Å². The molecule has 4 rings (SSSR count). The van der Waals surface area contributed by atoms with E-state index in [1.165, 1.54) is 22.3 Å². The van der Waals surface area contributed by atoms with Crippen LogP contribution in [0, 0.1) is 25.6 Å². The molecule has 1 aliphatic heterocycles. The van der Waals surface area contributed by atoms with Crippen LogP contribution in [0.15, 0.2) is 42.5 Å². The molecule has 1 atom stereocenters. The van der Waals surface area contributed by atoms with Crippen molar-refractivity contribution in [2.45, 2.75) is 20.3 Å². The molecule has 0 saturated carbocycles. The molecule has 0 spiro atoms. The molecule has 1 unspecified atom stereocenters. The number of hydrogen-bond donors (Lipinski definition) is 1. The van der Waals surface area contributed by atoms with Gasteiger partial charge in [0.2, 0.25) is 11.8 Å². The highest BCUT2D eigenvalue weighted by atomic mass is 32.1. The predicted molar refractivity (Wildman–Crippen MR) is 119 cm³/mol. The van der Waals surface area contributed by atoms with Gasteiger partial charge in [0.05, 0.1) is 18.7 Å². The third-order valence-electron chi connectivity index (χ3n) is 5.35. The van der Waals surface area contributed by atoms with Gasteiger partial charge in [-0.2, -0.15) is 0 Å². The maximum atomic E-state index is 13.9. The van der Waals surface area contributed by atoms with Crippen LogP contribution in [-0.4, -0.2) is 30.5 Å². The van der Waals surface area contributed by atoms with Crippen molar-refractivity contribution >= 4 is 34.0 Å². The number of ether oxygens (including phenoxy) is 1. The highest BCUT2D eigenvalue weighted by Gasteiger charge is 2.35. The number of aromatic nitrogens is 1. The first kappa shape index (κ1) is 21.0. The van der Waals surface area contributed by atoms with E-state index in [0.29, 0.717) is 16.4 Å². The van der Waals surface area contributed by atoms with Crippen LogP contribution in [0.3, 0.4) is 0 Å². The Labute approximate surface area is 183 Å². The lowest BCUT2D eigenvalue weighted by Crippen LogP contribution is -2.28. The summed E-state index contributed by atoms with van der Waals surface area (Å²) in [6.45, 7) is 3.82. The van der Waals surface area contributed by atoms with Crippen LogP contribution in [0.4, 0.5) is 15.2 Å². The fourth-order valence-electron chi connectivity index (χ4n) is 3.56. The summed E-state index contributed by atoms with van der Waals surface area (Å²) in [7, 11) is 1.61. The van der Waals surface area contributed by atoms with Gasteiger partial charge in [0, 0.05) is 29.1 Å². The Kier molecular flexibility index (Phi) is 5.73. The summed E-state index contributed by atoms with van der Waals surface area (Å²) in [5.41, 5.74) is 2.70. The van der Waals surface area contributed by atoms with E-state index in [1.54, 1.807) is 26.2 Å². The molecule has 2 heterocycles. The highest BCUT2D eigenvalue weighted by molar-refractivity contribution is 7.16. The topological polar surface area (TPSA) is 71.5 Å². The SMILES string of the molecule is COc1ccc(-c2nc(NC(=O)C3CC(=O)N(c4ccc(C)c(F)c4)C3)sc2C)cc1. The third kappa shape index (κ3) is 4.29. The van der Waals surface area contributed by atoms with E-state index in [0.717, 1.165) is 21.9 Å². The van der Waals surface area contributed by atoms with Crippen molar-refractivity contribution in [1.82, 2.24) is 4.98 Å². The van der Waals surface area contributed by atoms with Crippen molar-refractivity contribution in [3.05, 3.63) is 58.7 Å². The summed E-state index contributed by atoms with van der Waals surface area (Å²) in [6.07, 6.45) is 0.0804. The maximum Gasteiger partial charge on any atom is 0.231 e. The van der Waals surface area contributed by atoms with Crippen LogP contribution < -0.4 is 15.0 Å². The van der Waals surface area contributed by atoms with E-state index in [2.05, 4.69) is 10.3 Å². The van der Waals surface area contributed by atoms with Crippen molar-refractivity contribution < 1.29 is 18.7 Å². The summed E-state index contributed by atoms with van der Waals surface area (Å²) in [5.74, 6) is -0.599. The zero-order valence-corrected chi connectivity index (χ0v) is 18.3. The first-order valence-electron chi connectivity index (χ1n) is 9.85. The minimum absolute atomic E-state index is 0.0804. The number of hydrogen-bond acceptors (Lipinski definition) is 5. The molecule has 0 aliphatic carbocycles. The molecule has 0 bridgehead atoms. The van der Waals surface area contributed by atoms with Crippen LogP contribution in [0.2, 0.25) is 0 Å². The van der Waals surface area contributed by atoms with E-state index < -0.39 is 5.92 Å². The molecular formula is C23H22FN3O3S. The number of nitrogens with one attached hydrogen (secondary N) is 1. The van der Waals surface area contributed by atoms with Crippen LogP contribution >= 0.6 is 11.3 Å². The first-order chi connectivity index (χ1) is 14.9. The van der Waals surface area contributed by atoms with E-state index in [4.69, 9.17) is 4.74 Å². The van der Waals surface area contributed by atoms with Gasteiger partial charge in [-0.1, -0.05) is 6.07 Å². The number of rotatable bonds is 5. The Bertz CT molecular complexity index is 1140. The number of carbonyl (C=O) groups excluding carboxylic acids is 2. The fraction of sp³-hybridized carbons (Fsp3) is 0.261. The first-order valence-corrected chi connectivity index (χ1v) is 10.7. The van der Waals surface area contributed by atoms with Crippen LogP contribution in [-0.2, 0) is 9.59 Å². The molecular weight excluding hydrogens is 417 g/mol. The summed E-state index contributed by atoms with van der Waals surface area (Å²) in [6, 6.07) is 12.2. The molecule has 1 N–H and O–H groups in total. The standard InChI is InChI=1S/C23H22FN3O3S/c1-13-4-7-17(11-19(13)24)27-12-16(10-20(27)28)22(29)26-23-25-21(14(2)31-23)15-5-8-18(30-3)9-6-15/h4-9,11,16H,10,12H2,1-3H3,(H,25,26,29). The summed E-state index contributed by atoms with van der Waals surface area (Å²) in [5, 5.41) is 3.33. The molecule has 160 valence electrons. The summed E-state index contributed by atoms with van der Waals surface area (Å²) < 4.78 is 19.1. The largest absolute Gasteiger partial charge is 0.497 e. The van der Waals surface area contributed by atoms with E-state index in [1.807, 2.05) is 31.2 Å². The lowest BCUT2D eigenvalue weighted by Gasteiger charge is -2.17. The molecule has 3 aromatic rings. The predicted octanol–water partition coefficient (Wildman–Crippen LogP) is 4.57. The number of carbonyl (C=O) groups is 2. The zero-order chi connectivity index (χ0) is 22.1. The fourth-order valence-corrected chi connectivity index (χ4v) is 4.40. The number of benzene rings is 2. The second-order valence-electron chi connectivity index (χ2n) is 7.48. The van der Waals surface area contributed by atoms with Crippen molar-refractivity contribution in [1.29, 1.82) is 0 Å². The number of anilines is 2. The number of nitrogens with zero attached hydrogens (tertiary/aromatic N) is 2. The van der Waals surface area contributed by atoms with Gasteiger partial charge in [0.25, 0.3) is 0 Å². The summed E-state index contributed by atoms with van der Waals surface area (Å²) >= 11 is 1.39. The molecule has 0 radical (unpaired) electrons. The smallest absolute Gasteiger partial charge is 0.231 e. The average molecular weight is 440 g/mol. The van der Waals surface area contributed by atoms with Gasteiger partial charge >= 0.3 is 0 Å². The normalized spacial score (nSPS) is 15.9. The average Bonchev–Trinajstić information content (AvgIpc) is 3.32. The molecule has 31 heavy (non-hydrogen) atoms. The molecule has 8 heteroatoms. The van der Waals surface area contributed by atoms with Gasteiger partial charge in [-0.05, 0) is 55.8 Å². The lowest BCUT2D eigenvalue weighted by atomic mass is 10.1. The summed E-state index contributed by atoms with van der Waals surface area (Å²) in [4.78, 5) is 32.2. The number of methoxy groups -OCH3 is 1. The molecule has 6 nitrogen and oxygen atoms in total. The van der Waals surface area contributed by atoms with Gasteiger partial charge in [0.1, 0.15) is 11.6 Å². The maximum absolute atomic E-state index is 13.9. The van der Waals surface area contributed by atoms with Crippen LogP contribution in [0.25, 0.3) is 11.3 Å². The Morgan fingerprint density at radius 1 is 1.23 bits per heavy atom. The molecule has 2 aromatic carbocycles. The Balaban J connectivity index is 1.46. The van der Waals surface area contributed by atoms with Crippen molar-refractivity contribution in [3.8, 4) is 17.0 Å². The number of amides is 2. The van der Waals surface area contributed by atoms with Gasteiger partial charge in [-0.3, -0.25) is 9.59 Å². The van der Waals surface area contributed by atoms with Crippen LogP contribution in [0.1, 0.15) is 16.9 Å². The molecule has 1 aromatic heterocycles. The molecule has 1 saturated heterocycles. The van der Waals surface area contributed by atoms with Crippen LogP contribution in [0.5, 0.6) is 5.75 Å². The zero-order valence-electron chi connectivity index (χ0n) is 17.4. The van der Waals surface area contributed by atoms with Crippen molar-refractivity contribution in [2.75, 3.05) is 23.9 Å². The number of aryl methyl sites for hydroxylation is 2. The van der Waals surface area contributed by atoms with Gasteiger partial charge in [-0.25, -0.2) is 9.37 Å². The number of thiazole rings is 1. The molecule has 2 amide bonds. The van der Waals surface area contributed by atoms with Crippen molar-refractivity contribution in [2.24, 2.45) is 5.92 Å². The van der Waals surface area contributed by atoms with Gasteiger partial charge in [-0.15, -0.1) is 11.3 Å². The molecule has 1 fully saturated rings. The van der Waals surface area contributed by atoms with Gasteiger partial charge in [0.15, 0.2) is 5.13 Å². The van der Waals surface area contributed by atoms with E-state index in [-0.39, 0.29) is 30.6 Å². The molecule has 1 aliphatic rings. The second kappa shape index (κ2) is 8.47. The minimum Gasteiger partial charge on any atom is -0.497 e. The third-order valence-corrected chi connectivity index (χ3v) is 6.24. The quantitative estimate of drug-likeness (QED) is 0.632. The van der Waals surface area contributed by atoms with Gasteiger partial charge < -0.3 is 15.0 Å². The Hall–Kier alpha value is -3.26. The number of halogens is 1. The Morgan fingerprint density at radius 2 is 1.97 bits per heavy atom. The Morgan fingerprint density at radius 3 is 2.65 bits per heavy atom. The monoisotopic (exact) mass is 439 g/mol.